The number of anilines is 2. The van der Waals surface area contributed by atoms with Crippen molar-refractivity contribution < 1.29 is 19.1 Å². The molecule has 2 aliphatic rings. The Kier molecular flexibility index (Phi) is 9.65. The van der Waals surface area contributed by atoms with Gasteiger partial charge in [0.1, 0.15) is 17.8 Å². The number of methoxy groups -OCH3 is 1. The number of hydrogen-bond acceptors (Lipinski definition) is 5. The van der Waals surface area contributed by atoms with Gasteiger partial charge in [-0.15, -0.1) is 0 Å². The minimum Gasteiger partial charge on any atom is -0.497 e. The summed E-state index contributed by atoms with van der Waals surface area (Å²) in [7, 11) is 1.59. The first kappa shape index (κ1) is 30.1. The van der Waals surface area contributed by atoms with Crippen molar-refractivity contribution in [1.82, 2.24) is 9.80 Å². The number of likely N-dealkylation sites (tertiary alicyclic amines) is 1. The summed E-state index contributed by atoms with van der Waals surface area (Å²) in [5.74, 6) is 0.374. The minimum atomic E-state index is -0.805. The van der Waals surface area contributed by atoms with Crippen molar-refractivity contribution in [3.63, 3.8) is 0 Å². The highest BCUT2D eigenvalue weighted by Gasteiger charge is 2.54. The Bertz CT molecular complexity index is 1380. The summed E-state index contributed by atoms with van der Waals surface area (Å²) < 4.78 is 5.19. The third-order valence-electron chi connectivity index (χ3n) is 8.69. The van der Waals surface area contributed by atoms with Crippen molar-refractivity contribution in [3.05, 3.63) is 90.0 Å². The maximum atomic E-state index is 14.0. The van der Waals surface area contributed by atoms with Crippen LogP contribution in [0.15, 0.2) is 78.9 Å². The Morgan fingerprint density at radius 3 is 2.23 bits per heavy atom. The molecule has 0 atom stereocenters. The molecule has 2 fully saturated rings. The highest BCUT2D eigenvalue weighted by molar-refractivity contribution is 6.00. The Morgan fingerprint density at radius 2 is 1.58 bits per heavy atom. The number of nitrogens with one attached hydrogen (secondary N) is 1. The van der Waals surface area contributed by atoms with Gasteiger partial charge in [0.2, 0.25) is 5.91 Å². The largest absolute Gasteiger partial charge is 0.497 e. The molecule has 0 bridgehead atoms. The molecule has 0 aliphatic carbocycles. The van der Waals surface area contributed by atoms with Crippen LogP contribution in [0.2, 0.25) is 0 Å². The Hall–Kier alpha value is -4.33. The van der Waals surface area contributed by atoms with E-state index in [1.165, 1.54) is 31.2 Å². The molecule has 1 N–H and O–H groups in total. The minimum absolute atomic E-state index is 0.000171. The second-order valence-corrected chi connectivity index (χ2v) is 11.5. The van der Waals surface area contributed by atoms with Crippen LogP contribution in [-0.2, 0) is 16.0 Å². The van der Waals surface area contributed by atoms with Gasteiger partial charge in [0.25, 0.3) is 11.8 Å². The van der Waals surface area contributed by atoms with Crippen LogP contribution in [0.3, 0.4) is 0 Å². The number of amides is 3. The Balaban J connectivity index is 1.25. The third kappa shape index (κ3) is 6.85. The predicted octanol–water partition coefficient (Wildman–Crippen LogP) is 5.74. The molecule has 3 aromatic rings. The van der Waals surface area contributed by atoms with E-state index in [9.17, 15) is 14.4 Å². The van der Waals surface area contributed by atoms with Gasteiger partial charge in [-0.1, -0.05) is 56.5 Å². The Labute approximate surface area is 254 Å². The topological polar surface area (TPSA) is 82.2 Å². The van der Waals surface area contributed by atoms with Crippen molar-refractivity contribution in [1.29, 1.82) is 0 Å². The number of benzene rings is 3. The molecule has 43 heavy (non-hydrogen) atoms. The lowest BCUT2D eigenvalue weighted by atomic mass is 9.85. The van der Waals surface area contributed by atoms with Gasteiger partial charge in [0, 0.05) is 30.0 Å². The molecular weight excluding hydrogens is 540 g/mol. The monoisotopic (exact) mass is 582 g/mol. The maximum Gasteiger partial charge on any atom is 0.253 e. The van der Waals surface area contributed by atoms with Gasteiger partial charge < -0.3 is 24.8 Å². The van der Waals surface area contributed by atoms with Crippen molar-refractivity contribution in [2.45, 2.75) is 57.4 Å². The highest BCUT2D eigenvalue weighted by atomic mass is 16.5. The number of carbonyl (C=O) groups is 3. The van der Waals surface area contributed by atoms with Gasteiger partial charge in [-0.2, -0.15) is 0 Å². The van der Waals surface area contributed by atoms with Crippen LogP contribution in [0.25, 0.3) is 0 Å². The lowest BCUT2D eigenvalue weighted by Crippen LogP contribution is -2.57. The first-order valence-corrected chi connectivity index (χ1v) is 15.4. The summed E-state index contributed by atoms with van der Waals surface area (Å²) in [4.78, 5) is 46.0. The smallest absolute Gasteiger partial charge is 0.253 e. The molecule has 5 rings (SSSR count). The third-order valence-corrected chi connectivity index (χ3v) is 8.69. The number of para-hydroxylation sites is 1. The van der Waals surface area contributed by atoms with Crippen LogP contribution in [0.5, 0.6) is 5.75 Å². The molecule has 8 nitrogen and oxygen atoms in total. The maximum absolute atomic E-state index is 14.0. The van der Waals surface area contributed by atoms with E-state index in [-0.39, 0.29) is 24.3 Å². The van der Waals surface area contributed by atoms with E-state index in [0.717, 1.165) is 12.1 Å². The summed E-state index contributed by atoms with van der Waals surface area (Å²) in [5, 5.41) is 2.89. The number of aryl methyl sites for hydroxylation is 1. The van der Waals surface area contributed by atoms with Gasteiger partial charge in [-0.3, -0.25) is 14.4 Å². The van der Waals surface area contributed by atoms with E-state index in [0.29, 0.717) is 49.6 Å². The van der Waals surface area contributed by atoms with Gasteiger partial charge in [-0.05, 0) is 79.8 Å². The number of piperidine rings is 1. The van der Waals surface area contributed by atoms with Crippen LogP contribution < -0.4 is 15.0 Å². The van der Waals surface area contributed by atoms with Crippen molar-refractivity contribution in [3.8, 4) is 5.75 Å². The zero-order chi connectivity index (χ0) is 30.2. The predicted molar refractivity (Wildman–Crippen MR) is 169 cm³/mol. The summed E-state index contributed by atoms with van der Waals surface area (Å²) in [6, 6.07) is 25.0. The highest BCUT2D eigenvalue weighted by Crippen LogP contribution is 2.39. The lowest BCUT2D eigenvalue weighted by Gasteiger charge is -2.43. The number of unbranched alkanes of at least 4 members (excludes halogenated alkanes) is 3. The van der Waals surface area contributed by atoms with Gasteiger partial charge >= 0.3 is 0 Å². The van der Waals surface area contributed by atoms with Crippen LogP contribution in [0.1, 0.15) is 61.4 Å². The van der Waals surface area contributed by atoms with Gasteiger partial charge in [0.05, 0.1) is 13.8 Å². The average molecular weight is 583 g/mol. The number of ether oxygens (including phenoxy) is 1. The molecule has 0 saturated carbocycles. The molecule has 3 aromatic carbocycles. The van der Waals surface area contributed by atoms with E-state index in [1.54, 1.807) is 36.3 Å². The molecule has 2 heterocycles. The first-order chi connectivity index (χ1) is 20.9. The average Bonchev–Trinajstić information content (AvgIpc) is 3.30. The van der Waals surface area contributed by atoms with E-state index >= 15 is 0 Å². The number of nitrogens with zero attached hydrogens (tertiary/aromatic N) is 3. The molecular formula is C35H42N4O4. The molecule has 0 aromatic heterocycles. The van der Waals surface area contributed by atoms with Crippen LogP contribution in [0.4, 0.5) is 11.4 Å². The van der Waals surface area contributed by atoms with Gasteiger partial charge in [0.15, 0.2) is 0 Å². The lowest BCUT2D eigenvalue weighted by molar-refractivity contribution is -0.136. The zero-order valence-corrected chi connectivity index (χ0v) is 25.3. The fourth-order valence-electron chi connectivity index (χ4n) is 6.20. The molecule has 1 spiro atoms. The van der Waals surface area contributed by atoms with Crippen molar-refractivity contribution in [2.75, 3.05) is 43.6 Å². The zero-order valence-electron chi connectivity index (χ0n) is 25.3. The van der Waals surface area contributed by atoms with Crippen LogP contribution in [0, 0.1) is 0 Å². The molecule has 3 amide bonds. The molecule has 0 unspecified atom stereocenters. The quantitative estimate of drug-likeness (QED) is 0.292. The number of rotatable bonds is 11. The fourth-order valence-corrected chi connectivity index (χ4v) is 6.20. The summed E-state index contributed by atoms with van der Waals surface area (Å²) in [6.45, 7) is 3.41. The van der Waals surface area contributed by atoms with Gasteiger partial charge in [-0.25, -0.2) is 0 Å². The summed E-state index contributed by atoms with van der Waals surface area (Å²) in [5.41, 5.74) is 2.71. The normalized spacial score (nSPS) is 16.0. The van der Waals surface area contributed by atoms with Crippen molar-refractivity contribution >= 4 is 29.1 Å². The summed E-state index contributed by atoms with van der Waals surface area (Å²) >= 11 is 0. The standard InChI is InChI=1S/C35H42N4O4/c1-3-4-5-7-10-27-13-15-28(16-14-27)33(41)37-23-21-35(22-24-37)34(42)38(26-39(35)30-11-8-6-9-12-30)25-32(40)36-29-17-19-31(43-2)20-18-29/h6,8-9,11-20H,3-5,7,10,21-26H2,1-2H3,(H,36,40). The first-order valence-electron chi connectivity index (χ1n) is 15.4. The summed E-state index contributed by atoms with van der Waals surface area (Å²) in [6.07, 6.45) is 6.91. The van der Waals surface area contributed by atoms with Crippen LogP contribution in [-0.4, -0.2) is 66.5 Å². The van der Waals surface area contributed by atoms with E-state index in [2.05, 4.69) is 29.3 Å². The van der Waals surface area contributed by atoms with Crippen LogP contribution >= 0.6 is 0 Å². The van der Waals surface area contributed by atoms with E-state index < -0.39 is 5.54 Å². The molecule has 226 valence electrons. The fraction of sp³-hybridized carbons (Fsp3) is 0.400. The SMILES string of the molecule is CCCCCCc1ccc(C(=O)N2CCC3(CC2)C(=O)N(CC(=O)Nc2ccc(OC)cc2)CN3c2ccccc2)cc1. The molecule has 8 heteroatoms. The number of hydrogen-bond donors (Lipinski definition) is 1. The second-order valence-electron chi connectivity index (χ2n) is 11.5. The molecule has 2 saturated heterocycles. The second kappa shape index (κ2) is 13.8. The number of carbonyl (C=O) groups excluding carboxylic acids is 3. The molecule has 0 radical (unpaired) electrons. The Morgan fingerprint density at radius 1 is 0.884 bits per heavy atom. The van der Waals surface area contributed by atoms with Crippen molar-refractivity contribution in [2.24, 2.45) is 0 Å². The van der Waals surface area contributed by atoms with E-state index in [4.69, 9.17) is 4.74 Å². The molecule has 2 aliphatic heterocycles. The van der Waals surface area contributed by atoms with E-state index in [1.807, 2.05) is 47.4 Å².